The van der Waals surface area contributed by atoms with Gasteiger partial charge in [-0.2, -0.15) is 10.2 Å². The Balaban J connectivity index is 1.15. The average molecular weight is 1170 g/mol. The monoisotopic (exact) mass is 1160 g/mol. The van der Waals surface area contributed by atoms with Crippen molar-refractivity contribution in [2.45, 2.75) is 97.6 Å². The van der Waals surface area contributed by atoms with Crippen LogP contribution in [-0.4, -0.2) is 127 Å². The van der Waals surface area contributed by atoms with E-state index >= 15 is 0 Å². The van der Waals surface area contributed by atoms with Gasteiger partial charge < -0.3 is 48.0 Å². The summed E-state index contributed by atoms with van der Waals surface area (Å²) in [5, 5.41) is 18.2. The molecule has 7 aromatic rings. The van der Waals surface area contributed by atoms with Gasteiger partial charge in [0, 0.05) is 44.8 Å². The van der Waals surface area contributed by atoms with Gasteiger partial charge in [-0.3, -0.25) is 4.79 Å². The molecule has 1 aliphatic heterocycles. The zero-order valence-electron chi connectivity index (χ0n) is 49.1. The highest BCUT2D eigenvalue weighted by molar-refractivity contribution is 7.44. The number of ether oxygens (including phenoxy) is 4. The topological polar surface area (TPSA) is 179 Å². The molecule has 3 heterocycles. The first-order valence-corrected chi connectivity index (χ1v) is 29.2. The van der Waals surface area contributed by atoms with Gasteiger partial charge in [0.05, 0.1) is 61.8 Å². The second kappa shape index (κ2) is 28.7. The first kappa shape index (κ1) is 61.7. The molecule has 1 saturated heterocycles. The summed E-state index contributed by atoms with van der Waals surface area (Å²) in [6.07, 6.45) is -0.380. The molecule has 19 nitrogen and oxygen atoms in total. The summed E-state index contributed by atoms with van der Waals surface area (Å²) >= 11 is 6.40. The number of carbonyl (C=O) groups excluding carboxylic acids is 1. The van der Waals surface area contributed by atoms with Gasteiger partial charge in [-0.05, 0) is 131 Å². The molecule has 0 bridgehead atoms. The van der Waals surface area contributed by atoms with Crippen molar-refractivity contribution >= 4 is 65.8 Å². The number of rotatable bonds is 26. The van der Waals surface area contributed by atoms with Gasteiger partial charge in [0.25, 0.3) is 8.53 Å². The van der Waals surface area contributed by atoms with Gasteiger partial charge in [0.2, 0.25) is 12.5 Å². The fourth-order valence-electron chi connectivity index (χ4n) is 9.82. The van der Waals surface area contributed by atoms with Crippen molar-refractivity contribution in [3.63, 3.8) is 0 Å². The number of nitrogens with one attached hydrogen (secondary N) is 1. The molecule has 1 N–H and O–H groups in total. The molecule has 1 aliphatic rings. The summed E-state index contributed by atoms with van der Waals surface area (Å²) in [6.45, 7) is 22.9. The number of carbonyl (C=O) groups is 1. The molecule has 4 unspecified atom stereocenters. The lowest BCUT2D eigenvalue weighted by Crippen LogP contribution is -2.39. The van der Waals surface area contributed by atoms with E-state index in [1.54, 1.807) is 18.9 Å². The number of azo groups is 1. The highest BCUT2D eigenvalue weighted by Crippen LogP contribution is 2.51. The van der Waals surface area contributed by atoms with Crippen molar-refractivity contribution in [3.8, 4) is 11.5 Å². The number of hydrogen-bond acceptors (Lipinski definition) is 15. The number of amidine groups is 1. The molecule has 21 heteroatoms. The van der Waals surface area contributed by atoms with Crippen molar-refractivity contribution in [2.75, 3.05) is 66.1 Å². The average Bonchev–Trinajstić information content (AvgIpc) is 4.25. The minimum absolute atomic E-state index is 0.0259. The Labute approximate surface area is 493 Å². The largest absolute Gasteiger partial charge is 0.497 e. The third kappa shape index (κ3) is 14.9. The van der Waals surface area contributed by atoms with Crippen LogP contribution < -0.4 is 19.7 Å². The first-order valence-electron chi connectivity index (χ1n) is 27.7. The number of methoxy groups -OCH3 is 2. The molecular weight excluding hydrogens is 1090 g/mol. The normalized spacial score (nSPS) is 16.0. The van der Waals surface area contributed by atoms with E-state index in [0.29, 0.717) is 69.2 Å². The van der Waals surface area contributed by atoms with Crippen LogP contribution >= 0.6 is 20.1 Å². The molecule has 1 fully saturated rings. The van der Waals surface area contributed by atoms with E-state index < -0.39 is 32.6 Å². The molecule has 2 aromatic heterocycles. The van der Waals surface area contributed by atoms with Crippen LogP contribution in [0, 0.1) is 13.5 Å². The molecule has 5 aromatic carbocycles. The predicted molar refractivity (Wildman–Crippen MR) is 326 cm³/mol. The number of likely N-dealkylation sites (N-methyl/N-ethyl adjacent to an activating group) is 1. The SMILES string of the molecule is [C-]#[N+]CCOP(OC1CC(n2nc(CNC(=O)CN(CC)c3ccc(/N=N/c4ccc(C)cc4Cl)cc3)c3c(/N=C(/C)N(C)C)ncnc32)OC1COC(c1ccccc1)(c1ccc(OC)cc1)c1ccc(OC)cc1)N(C(C)C)C(C)C. The summed E-state index contributed by atoms with van der Waals surface area (Å²) in [5.74, 6) is 2.24. The highest BCUT2D eigenvalue weighted by Gasteiger charge is 2.46. The Hall–Kier alpha value is -7.40. The molecule has 0 radical (unpaired) electrons. The number of aromatic nitrogens is 4. The predicted octanol–water partition coefficient (Wildman–Crippen LogP) is 12.9. The van der Waals surface area contributed by atoms with E-state index in [9.17, 15) is 4.79 Å². The summed E-state index contributed by atoms with van der Waals surface area (Å²) in [7, 11) is 5.36. The molecule has 8 rings (SSSR count). The van der Waals surface area contributed by atoms with Crippen LogP contribution in [0.1, 0.15) is 82.1 Å². The van der Waals surface area contributed by atoms with Crippen LogP contribution in [0.15, 0.2) is 143 Å². The Kier molecular flexibility index (Phi) is 21.3. The molecule has 0 saturated carbocycles. The number of amides is 1. The number of hydrogen-bond donors (Lipinski definition) is 1. The Morgan fingerprint density at radius 2 is 1.55 bits per heavy atom. The summed E-state index contributed by atoms with van der Waals surface area (Å²) in [4.78, 5) is 35.9. The fourth-order valence-corrected chi connectivity index (χ4v) is 11.8. The zero-order chi connectivity index (χ0) is 59.2. The van der Waals surface area contributed by atoms with Crippen LogP contribution in [0.4, 0.5) is 22.9 Å². The van der Waals surface area contributed by atoms with E-state index in [4.69, 9.17) is 61.2 Å². The Morgan fingerprint density at radius 3 is 2.14 bits per heavy atom. The van der Waals surface area contributed by atoms with Crippen LogP contribution in [0.2, 0.25) is 5.02 Å². The van der Waals surface area contributed by atoms with Crippen LogP contribution in [0.25, 0.3) is 15.9 Å². The molecule has 83 heavy (non-hydrogen) atoms. The number of benzene rings is 5. The molecule has 0 spiro atoms. The van der Waals surface area contributed by atoms with Crippen molar-refractivity contribution in [2.24, 2.45) is 15.2 Å². The van der Waals surface area contributed by atoms with Gasteiger partial charge in [-0.1, -0.05) is 72.3 Å². The second-order valence-corrected chi connectivity index (χ2v) is 22.5. The van der Waals surface area contributed by atoms with Gasteiger partial charge in [0.1, 0.15) is 47.7 Å². The fraction of sp³-hybridized carbons (Fsp3) is 0.387. The smallest absolute Gasteiger partial charge is 0.259 e. The number of anilines is 1. The maximum absolute atomic E-state index is 14.1. The lowest BCUT2D eigenvalue weighted by molar-refractivity contribution is -0.119. The molecule has 0 aliphatic carbocycles. The lowest BCUT2D eigenvalue weighted by Gasteiger charge is -2.39. The number of aryl methyl sites for hydroxylation is 1. The lowest BCUT2D eigenvalue weighted by atomic mass is 9.80. The summed E-state index contributed by atoms with van der Waals surface area (Å²) in [6, 6.07) is 39.0. The maximum atomic E-state index is 14.1. The van der Waals surface area contributed by atoms with Crippen molar-refractivity contribution in [1.29, 1.82) is 0 Å². The standard InChI is InChI=1S/C62H74ClN12O7P/c1-13-73(49-26-24-48(25-27-49)69-70-53-32-19-43(6)35-52(53)63)38-57(76)65-37-54-59-60(68-44(7)72(9)10)66-40-67-61(59)74(71-54)58-36-55(82-83(80-34-33-64-8)75(41(2)3)42(4)5)56(81-58)39-79-62(45-17-15-14-16-18-45,46-20-28-50(77-11)29-21-46)47-22-30-51(78-12)31-23-47/h14-32,35,40-42,55-56,58H,13,33-34,36-39H2,1-7,9-12H3,(H,65,76)/b68-44-,70-69+. The number of nitrogens with zero attached hydrogens (tertiary/aromatic N) is 11. The van der Waals surface area contributed by atoms with E-state index in [2.05, 4.69) is 69.9 Å². The number of fused-ring (bicyclic) bond motifs is 1. The second-order valence-electron chi connectivity index (χ2n) is 20.6. The van der Waals surface area contributed by atoms with E-state index in [0.717, 1.165) is 27.9 Å². The number of halogens is 1. The van der Waals surface area contributed by atoms with Crippen molar-refractivity contribution in [3.05, 3.63) is 172 Å². The van der Waals surface area contributed by atoms with E-state index in [1.165, 1.54) is 6.33 Å². The highest BCUT2D eigenvalue weighted by atomic mass is 35.5. The van der Waals surface area contributed by atoms with Gasteiger partial charge in [0.15, 0.2) is 17.7 Å². The summed E-state index contributed by atoms with van der Waals surface area (Å²) < 4.78 is 43.7. The van der Waals surface area contributed by atoms with Gasteiger partial charge in [-0.25, -0.2) is 30.9 Å². The Morgan fingerprint density at radius 1 is 0.904 bits per heavy atom. The first-order chi connectivity index (χ1) is 40.1. The minimum atomic E-state index is -1.74. The molecule has 1 amide bonds. The Bertz CT molecular complexity index is 3300. The quantitative estimate of drug-likeness (QED) is 0.0103. The molecule has 4 atom stereocenters. The van der Waals surface area contributed by atoms with Crippen LogP contribution in [0.5, 0.6) is 11.5 Å². The van der Waals surface area contributed by atoms with Gasteiger partial charge >= 0.3 is 0 Å². The number of aliphatic imine (C=N–C) groups is 1. The van der Waals surface area contributed by atoms with Crippen molar-refractivity contribution < 1.29 is 32.8 Å². The van der Waals surface area contributed by atoms with E-state index in [1.807, 2.05) is 154 Å². The molecular formula is C62H74ClN12O7P. The van der Waals surface area contributed by atoms with Gasteiger partial charge in [-0.15, -0.1) is 5.11 Å². The van der Waals surface area contributed by atoms with Crippen molar-refractivity contribution in [1.82, 2.24) is 34.6 Å². The summed E-state index contributed by atoms with van der Waals surface area (Å²) in [5.41, 5.74) is 5.43. The third-order valence-corrected chi connectivity index (χ3v) is 16.6. The zero-order valence-corrected chi connectivity index (χ0v) is 50.7. The van der Waals surface area contributed by atoms with Crippen LogP contribution in [0.3, 0.4) is 0 Å². The maximum Gasteiger partial charge on any atom is 0.259 e. The third-order valence-electron chi connectivity index (χ3n) is 14.2. The molecule has 436 valence electrons. The minimum Gasteiger partial charge on any atom is -0.497 e. The van der Waals surface area contributed by atoms with E-state index in [-0.39, 0.29) is 50.8 Å². The van der Waals surface area contributed by atoms with Crippen LogP contribution in [-0.2, 0) is 35.5 Å².